The van der Waals surface area contributed by atoms with Crippen molar-refractivity contribution in [3.05, 3.63) is 0 Å². The molecule has 0 spiro atoms. The molecular formula is C12H26BO6PS2. The van der Waals surface area contributed by atoms with Crippen molar-refractivity contribution in [1.82, 2.24) is 0 Å². The van der Waals surface area contributed by atoms with Gasteiger partial charge in [0.05, 0.1) is 22.6 Å². The molecule has 0 radical (unpaired) electrons. The molecule has 0 saturated carbocycles. The second-order valence-electron chi connectivity index (χ2n) is 5.71. The van der Waals surface area contributed by atoms with E-state index in [0.717, 1.165) is 0 Å². The number of rotatable bonds is 9. The van der Waals surface area contributed by atoms with Gasteiger partial charge in [0.25, 0.3) is 0 Å². The van der Waals surface area contributed by atoms with Crippen molar-refractivity contribution in [2.75, 3.05) is 32.6 Å². The molecule has 1 rings (SSSR count). The minimum Gasteiger partial charge on any atom is -0.382 e. The minimum atomic E-state index is -3.64. The van der Waals surface area contributed by atoms with Gasteiger partial charge in [-0.05, 0) is 20.1 Å². The van der Waals surface area contributed by atoms with Crippen LogP contribution in [0.2, 0.25) is 0 Å². The number of thioether (sulfide) groups is 2. The zero-order valence-corrected chi connectivity index (χ0v) is 16.5. The molecule has 0 bridgehead atoms. The summed E-state index contributed by atoms with van der Waals surface area (Å²) in [5.41, 5.74) is 0. The van der Waals surface area contributed by atoms with Gasteiger partial charge in [-0.2, -0.15) is 0 Å². The van der Waals surface area contributed by atoms with Crippen molar-refractivity contribution >= 4 is 39.0 Å². The molecule has 1 saturated heterocycles. The van der Waals surface area contributed by atoms with Gasteiger partial charge in [0, 0.05) is 13.8 Å². The molecule has 1 heterocycles. The van der Waals surface area contributed by atoms with Crippen molar-refractivity contribution in [2.24, 2.45) is 0 Å². The normalized spacial score (nSPS) is 32.1. The maximum Gasteiger partial charge on any atom is 0.325 e. The Labute approximate surface area is 142 Å². The summed E-state index contributed by atoms with van der Waals surface area (Å²) in [6.45, 7) is 5.70. The molecule has 0 amide bonds. The monoisotopic (exact) mass is 372 g/mol. The molecule has 1 aliphatic heterocycles. The van der Waals surface area contributed by atoms with Crippen LogP contribution < -0.4 is 0 Å². The lowest BCUT2D eigenvalue weighted by Gasteiger charge is -2.27. The standard InChI is InChI=1S/C12H26BO6PS2/c1-12(2,21-5)22-7-17-10-9(19-20(4,14)15)8(6-16-3)18-11(10)13/h8-11H,6-7,13H2,1-5H3,(H,14,15)/t8-,9?,10?,11-/m1/s1. The molecule has 10 heteroatoms. The quantitative estimate of drug-likeness (QED) is 0.370. The van der Waals surface area contributed by atoms with Crippen LogP contribution in [0.1, 0.15) is 13.8 Å². The Balaban J connectivity index is 2.69. The smallest absolute Gasteiger partial charge is 0.325 e. The van der Waals surface area contributed by atoms with Gasteiger partial charge < -0.3 is 19.1 Å². The topological polar surface area (TPSA) is 74.2 Å². The summed E-state index contributed by atoms with van der Waals surface area (Å²) in [6.07, 6.45) is 0.622. The Morgan fingerprint density at radius 1 is 1.41 bits per heavy atom. The number of hydrogen-bond donors (Lipinski definition) is 1. The number of ether oxygens (including phenoxy) is 3. The van der Waals surface area contributed by atoms with Gasteiger partial charge in [0.15, 0.2) is 0 Å². The van der Waals surface area contributed by atoms with E-state index in [1.807, 2.05) is 14.1 Å². The van der Waals surface area contributed by atoms with Crippen LogP contribution in [0, 0.1) is 0 Å². The van der Waals surface area contributed by atoms with E-state index >= 15 is 0 Å². The second kappa shape index (κ2) is 8.76. The van der Waals surface area contributed by atoms with E-state index in [0.29, 0.717) is 5.94 Å². The van der Waals surface area contributed by atoms with E-state index in [-0.39, 0.29) is 16.7 Å². The lowest BCUT2D eigenvalue weighted by atomic mass is 9.93. The van der Waals surface area contributed by atoms with E-state index in [1.165, 1.54) is 6.66 Å². The summed E-state index contributed by atoms with van der Waals surface area (Å²) in [6, 6.07) is -0.227. The molecule has 22 heavy (non-hydrogen) atoms. The van der Waals surface area contributed by atoms with Crippen LogP contribution in [0.25, 0.3) is 0 Å². The van der Waals surface area contributed by atoms with Crippen molar-refractivity contribution in [2.45, 2.75) is 42.2 Å². The van der Waals surface area contributed by atoms with Crippen molar-refractivity contribution < 1.29 is 28.2 Å². The van der Waals surface area contributed by atoms with Gasteiger partial charge in [-0.3, -0.25) is 9.09 Å². The predicted molar refractivity (Wildman–Crippen MR) is 94.6 cm³/mol. The van der Waals surface area contributed by atoms with Crippen LogP contribution in [-0.2, 0) is 23.3 Å². The molecule has 1 N–H and O–H groups in total. The van der Waals surface area contributed by atoms with Crippen LogP contribution in [-0.4, -0.2) is 73.7 Å². The first-order valence-electron chi connectivity index (χ1n) is 7.03. The summed E-state index contributed by atoms with van der Waals surface area (Å²) in [4.78, 5) is 9.53. The summed E-state index contributed by atoms with van der Waals surface area (Å²) in [7, 11) is -0.207. The largest absolute Gasteiger partial charge is 0.382 e. The third kappa shape index (κ3) is 6.73. The first kappa shape index (κ1) is 20.8. The molecule has 6 nitrogen and oxygen atoms in total. The second-order valence-corrected chi connectivity index (χ2v) is 10.8. The Bertz CT molecular complexity index is 394. The number of hydrogen-bond acceptors (Lipinski definition) is 7. The van der Waals surface area contributed by atoms with Crippen LogP contribution in [0.4, 0.5) is 0 Å². The summed E-state index contributed by atoms with van der Waals surface area (Å²) in [5, 5.41) is 0. The molecule has 3 unspecified atom stereocenters. The van der Waals surface area contributed by atoms with E-state index in [4.69, 9.17) is 18.7 Å². The predicted octanol–water partition coefficient (Wildman–Crippen LogP) is 1.37. The van der Waals surface area contributed by atoms with Gasteiger partial charge in [-0.1, -0.05) is 0 Å². The van der Waals surface area contributed by atoms with Gasteiger partial charge in [0.2, 0.25) is 0 Å². The van der Waals surface area contributed by atoms with Crippen LogP contribution in [0.5, 0.6) is 0 Å². The third-order valence-corrected chi connectivity index (χ3v) is 6.77. The van der Waals surface area contributed by atoms with Crippen LogP contribution in [0.3, 0.4) is 0 Å². The van der Waals surface area contributed by atoms with Gasteiger partial charge in [0.1, 0.15) is 26.2 Å². The zero-order chi connectivity index (χ0) is 17.0. The molecule has 0 aromatic rings. The van der Waals surface area contributed by atoms with Crippen LogP contribution >= 0.6 is 31.1 Å². The highest BCUT2D eigenvalue weighted by Gasteiger charge is 2.46. The SMILES string of the molecule is B[C@@H]1O[C@H](COC)C(OP(C)(=O)O)C1OCSC(C)(C)SC. The minimum absolute atomic E-state index is 0.0437. The van der Waals surface area contributed by atoms with E-state index in [1.54, 1.807) is 30.6 Å². The lowest BCUT2D eigenvalue weighted by Crippen LogP contribution is -2.38. The first-order chi connectivity index (χ1) is 10.1. The number of methoxy groups -OCH3 is 1. The Morgan fingerprint density at radius 2 is 2.05 bits per heavy atom. The van der Waals surface area contributed by atoms with E-state index in [2.05, 4.69) is 13.8 Å². The Hall–Kier alpha value is 0.795. The van der Waals surface area contributed by atoms with Crippen molar-refractivity contribution in [3.63, 3.8) is 0 Å². The van der Waals surface area contributed by atoms with Crippen molar-refractivity contribution in [3.8, 4) is 0 Å². The Morgan fingerprint density at radius 3 is 2.55 bits per heavy atom. The van der Waals surface area contributed by atoms with Gasteiger partial charge in [-0.15, -0.1) is 23.5 Å². The fraction of sp³-hybridized carbons (Fsp3) is 1.00. The highest BCUT2D eigenvalue weighted by atomic mass is 32.2. The fourth-order valence-electron chi connectivity index (χ4n) is 2.11. The molecule has 0 aliphatic carbocycles. The highest BCUT2D eigenvalue weighted by Crippen LogP contribution is 2.43. The molecular weight excluding hydrogens is 346 g/mol. The van der Waals surface area contributed by atoms with Crippen molar-refractivity contribution in [1.29, 1.82) is 0 Å². The molecule has 0 aromatic heterocycles. The summed E-state index contributed by atoms with van der Waals surface area (Å²) in [5.74, 6) is 0.464. The highest BCUT2D eigenvalue weighted by molar-refractivity contribution is 8.17. The van der Waals surface area contributed by atoms with Gasteiger partial charge >= 0.3 is 7.60 Å². The lowest BCUT2D eigenvalue weighted by molar-refractivity contribution is -0.0176. The van der Waals surface area contributed by atoms with E-state index in [9.17, 15) is 9.46 Å². The van der Waals surface area contributed by atoms with E-state index < -0.39 is 25.9 Å². The first-order valence-corrected chi connectivity index (χ1v) is 11.3. The fourth-order valence-corrected chi connectivity index (χ4v) is 3.94. The molecule has 1 fully saturated rings. The summed E-state index contributed by atoms with van der Waals surface area (Å²) < 4.78 is 33.8. The summed E-state index contributed by atoms with van der Waals surface area (Å²) >= 11 is 3.41. The third-order valence-electron chi connectivity index (χ3n) is 3.35. The average molecular weight is 372 g/mol. The van der Waals surface area contributed by atoms with Crippen LogP contribution in [0.15, 0.2) is 0 Å². The average Bonchev–Trinajstić information content (AvgIpc) is 2.65. The molecule has 130 valence electrons. The maximum absolute atomic E-state index is 11.6. The molecule has 0 aromatic carbocycles. The Kier molecular flexibility index (Phi) is 8.30. The molecule has 5 atom stereocenters. The maximum atomic E-state index is 11.6. The zero-order valence-electron chi connectivity index (χ0n) is 14.0. The molecule has 1 aliphatic rings. The van der Waals surface area contributed by atoms with Gasteiger partial charge in [-0.25, -0.2) is 0 Å².